The van der Waals surface area contributed by atoms with Gasteiger partial charge in [0, 0.05) is 0 Å². The molecule has 0 atom stereocenters. The van der Waals surface area contributed by atoms with Crippen LogP contribution in [0.5, 0.6) is 5.75 Å². The lowest BCUT2D eigenvalue weighted by atomic mass is 10.2. The lowest BCUT2D eigenvalue weighted by Crippen LogP contribution is -2.33. The first-order chi connectivity index (χ1) is 12.5. The number of amides is 1. The number of sulfonamides is 1. The number of aryl methyl sites for hydroxylation is 1. The highest BCUT2D eigenvalue weighted by molar-refractivity contribution is 7.89. The lowest BCUT2D eigenvalue weighted by Gasteiger charge is -2.12. The highest BCUT2D eigenvalue weighted by Gasteiger charge is 2.31. The molecule has 0 saturated carbocycles. The molecule has 0 bridgehead atoms. The summed E-state index contributed by atoms with van der Waals surface area (Å²) < 4.78 is 69.6. The number of nitrogens with one attached hydrogen (secondary N) is 2. The summed E-state index contributed by atoms with van der Waals surface area (Å²) >= 11 is 0. The molecule has 146 valence electrons. The van der Waals surface area contributed by atoms with Crippen molar-refractivity contribution in [2.24, 2.45) is 0 Å². The zero-order valence-corrected chi connectivity index (χ0v) is 15.2. The number of carbonyl (C=O) groups is 1. The van der Waals surface area contributed by atoms with Gasteiger partial charge in [-0.05, 0) is 42.8 Å². The van der Waals surface area contributed by atoms with Gasteiger partial charge in [-0.15, -0.1) is 0 Å². The summed E-state index contributed by atoms with van der Waals surface area (Å²) in [6.45, 7) is 1.14. The van der Waals surface area contributed by atoms with Crippen LogP contribution in [-0.2, 0) is 21.0 Å². The van der Waals surface area contributed by atoms with E-state index >= 15 is 0 Å². The summed E-state index contributed by atoms with van der Waals surface area (Å²) in [5.74, 6) is -0.316. The Morgan fingerprint density at radius 1 is 1.15 bits per heavy atom. The number of hydrogen-bond donors (Lipinski definition) is 2. The van der Waals surface area contributed by atoms with Gasteiger partial charge in [-0.3, -0.25) is 4.79 Å². The second-order valence-corrected chi connectivity index (χ2v) is 7.37. The Labute approximate surface area is 154 Å². The summed E-state index contributed by atoms with van der Waals surface area (Å²) in [6.07, 6.45) is -4.68. The van der Waals surface area contributed by atoms with Crippen molar-refractivity contribution >= 4 is 21.6 Å². The summed E-state index contributed by atoms with van der Waals surface area (Å²) in [6, 6.07) is 8.30. The molecule has 2 aromatic carbocycles. The molecular weight excluding hydrogens is 385 g/mol. The number of rotatable bonds is 6. The molecule has 0 fully saturated rings. The predicted octanol–water partition coefficient (Wildman–Crippen LogP) is 2.94. The summed E-state index contributed by atoms with van der Waals surface area (Å²) in [5, 5.41) is 2.49. The van der Waals surface area contributed by atoms with Crippen LogP contribution in [0.15, 0.2) is 47.4 Å². The lowest BCUT2D eigenvalue weighted by molar-refractivity contribution is -0.137. The van der Waals surface area contributed by atoms with Crippen LogP contribution in [0.4, 0.5) is 18.9 Å². The van der Waals surface area contributed by atoms with Gasteiger partial charge >= 0.3 is 6.18 Å². The second kappa shape index (κ2) is 7.97. The molecule has 0 heterocycles. The number of alkyl halides is 3. The van der Waals surface area contributed by atoms with Gasteiger partial charge in [0.2, 0.25) is 15.9 Å². The maximum absolute atomic E-state index is 12.7. The zero-order chi connectivity index (χ0) is 20.2. The largest absolute Gasteiger partial charge is 0.495 e. The third-order valence-electron chi connectivity index (χ3n) is 3.52. The number of hydrogen-bond acceptors (Lipinski definition) is 4. The van der Waals surface area contributed by atoms with Crippen LogP contribution >= 0.6 is 0 Å². The van der Waals surface area contributed by atoms with Crippen LogP contribution in [-0.4, -0.2) is 28.0 Å². The van der Waals surface area contributed by atoms with Gasteiger partial charge < -0.3 is 10.1 Å². The fraction of sp³-hybridized carbons (Fsp3) is 0.235. The van der Waals surface area contributed by atoms with E-state index in [4.69, 9.17) is 4.74 Å². The SMILES string of the molecule is COc1ccc(C)cc1NC(=O)CNS(=O)(=O)c1cccc(C(F)(F)F)c1. The fourth-order valence-corrected chi connectivity index (χ4v) is 3.22. The number of halogens is 3. The molecule has 27 heavy (non-hydrogen) atoms. The van der Waals surface area contributed by atoms with Gasteiger partial charge in [0.15, 0.2) is 0 Å². The van der Waals surface area contributed by atoms with Crippen molar-refractivity contribution in [1.82, 2.24) is 4.72 Å². The van der Waals surface area contributed by atoms with Crippen LogP contribution in [0.25, 0.3) is 0 Å². The molecular formula is C17H17F3N2O4S. The van der Waals surface area contributed by atoms with Crippen molar-refractivity contribution < 1.29 is 31.1 Å². The smallest absolute Gasteiger partial charge is 0.416 e. The van der Waals surface area contributed by atoms with Crippen molar-refractivity contribution in [3.8, 4) is 5.75 Å². The molecule has 2 rings (SSSR count). The van der Waals surface area contributed by atoms with Crippen molar-refractivity contribution in [3.63, 3.8) is 0 Å². The first kappa shape index (κ1) is 20.7. The number of methoxy groups -OCH3 is 1. The zero-order valence-electron chi connectivity index (χ0n) is 14.4. The topological polar surface area (TPSA) is 84.5 Å². The van der Waals surface area contributed by atoms with Crippen molar-refractivity contribution in [1.29, 1.82) is 0 Å². The highest BCUT2D eigenvalue weighted by atomic mass is 32.2. The maximum atomic E-state index is 12.7. The normalized spacial score (nSPS) is 11.9. The molecule has 0 unspecified atom stereocenters. The quantitative estimate of drug-likeness (QED) is 0.778. The first-order valence-electron chi connectivity index (χ1n) is 7.64. The third kappa shape index (κ3) is 5.44. The van der Waals surface area contributed by atoms with Gasteiger partial charge in [0.05, 0.1) is 29.8 Å². The molecule has 2 N–H and O–H groups in total. The molecule has 0 aliphatic heterocycles. The number of carbonyl (C=O) groups excluding carboxylic acids is 1. The molecule has 0 aliphatic rings. The standard InChI is InChI=1S/C17H17F3N2O4S/c1-11-6-7-15(26-2)14(8-11)22-16(23)10-21-27(24,25)13-5-3-4-12(9-13)17(18,19)20/h3-9,21H,10H2,1-2H3,(H,22,23). The van der Waals surface area contributed by atoms with E-state index < -0.39 is 39.1 Å². The Bertz CT molecular complexity index is 943. The van der Waals surface area contributed by atoms with E-state index in [0.29, 0.717) is 17.5 Å². The summed E-state index contributed by atoms with van der Waals surface area (Å²) in [4.78, 5) is 11.4. The molecule has 0 aliphatic carbocycles. The Morgan fingerprint density at radius 2 is 1.85 bits per heavy atom. The predicted molar refractivity (Wildman–Crippen MR) is 93.0 cm³/mol. The number of anilines is 1. The Morgan fingerprint density at radius 3 is 2.48 bits per heavy atom. The van der Waals surface area contributed by atoms with E-state index in [-0.39, 0.29) is 0 Å². The Kier molecular flexibility index (Phi) is 6.11. The molecule has 0 aromatic heterocycles. The Balaban J connectivity index is 2.09. The third-order valence-corrected chi connectivity index (χ3v) is 4.92. The van der Waals surface area contributed by atoms with E-state index in [0.717, 1.165) is 23.8 Å². The van der Waals surface area contributed by atoms with Gasteiger partial charge in [-0.2, -0.15) is 13.2 Å². The first-order valence-corrected chi connectivity index (χ1v) is 9.12. The molecule has 0 spiro atoms. The number of ether oxygens (including phenoxy) is 1. The van der Waals surface area contributed by atoms with Crippen LogP contribution in [0, 0.1) is 6.92 Å². The van der Waals surface area contributed by atoms with Gasteiger partial charge in [0.1, 0.15) is 5.75 Å². The Hall–Kier alpha value is -2.59. The minimum absolute atomic E-state index is 0.348. The van der Waals surface area contributed by atoms with E-state index in [1.807, 2.05) is 4.72 Å². The molecule has 10 heteroatoms. The van der Waals surface area contributed by atoms with Gasteiger partial charge in [0.25, 0.3) is 0 Å². The minimum Gasteiger partial charge on any atom is -0.495 e. The van der Waals surface area contributed by atoms with Gasteiger partial charge in [-0.1, -0.05) is 12.1 Å². The van der Waals surface area contributed by atoms with Crippen molar-refractivity contribution in [3.05, 3.63) is 53.6 Å². The second-order valence-electron chi connectivity index (χ2n) is 5.60. The van der Waals surface area contributed by atoms with E-state index in [9.17, 15) is 26.4 Å². The van der Waals surface area contributed by atoms with Crippen LogP contribution in [0.3, 0.4) is 0 Å². The van der Waals surface area contributed by atoms with Crippen molar-refractivity contribution in [2.45, 2.75) is 18.0 Å². The highest BCUT2D eigenvalue weighted by Crippen LogP contribution is 2.30. The molecule has 6 nitrogen and oxygen atoms in total. The average Bonchev–Trinajstić information content (AvgIpc) is 2.60. The number of benzene rings is 2. The van der Waals surface area contributed by atoms with E-state index in [1.165, 1.54) is 7.11 Å². The summed E-state index contributed by atoms with van der Waals surface area (Å²) in [7, 11) is -2.88. The molecule has 0 saturated heterocycles. The molecule has 0 radical (unpaired) electrons. The van der Waals surface area contributed by atoms with E-state index in [2.05, 4.69) is 5.32 Å². The average molecular weight is 402 g/mol. The van der Waals surface area contributed by atoms with E-state index in [1.54, 1.807) is 25.1 Å². The van der Waals surface area contributed by atoms with Gasteiger partial charge in [-0.25, -0.2) is 13.1 Å². The monoisotopic (exact) mass is 402 g/mol. The molecule has 2 aromatic rings. The maximum Gasteiger partial charge on any atom is 0.416 e. The van der Waals surface area contributed by atoms with Crippen LogP contribution in [0.1, 0.15) is 11.1 Å². The molecule has 1 amide bonds. The van der Waals surface area contributed by atoms with Crippen LogP contribution in [0.2, 0.25) is 0 Å². The summed E-state index contributed by atoms with van der Waals surface area (Å²) in [5.41, 5.74) is 0.0933. The minimum atomic E-state index is -4.68. The fourth-order valence-electron chi connectivity index (χ4n) is 2.20. The van der Waals surface area contributed by atoms with Crippen molar-refractivity contribution in [2.75, 3.05) is 19.0 Å². The van der Waals surface area contributed by atoms with Crippen LogP contribution < -0.4 is 14.8 Å².